The van der Waals surface area contributed by atoms with E-state index < -0.39 is 40.6 Å². The van der Waals surface area contributed by atoms with Gasteiger partial charge in [-0.1, -0.05) is 15.9 Å². The van der Waals surface area contributed by atoms with E-state index in [1.807, 2.05) is 0 Å². The normalized spacial score (nSPS) is 24.0. The van der Waals surface area contributed by atoms with E-state index >= 15 is 0 Å². The molecule has 2 atom stereocenters. The van der Waals surface area contributed by atoms with E-state index in [4.69, 9.17) is 4.74 Å². The van der Waals surface area contributed by atoms with E-state index in [1.165, 1.54) is 0 Å². The number of benzene rings is 1. The molecule has 2 unspecified atom stereocenters. The van der Waals surface area contributed by atoms with E-state index in [-0.39, 0.29) is 12.2 Å². The first-order valence-corrected chi connectivity index (χ1v) is 7.63. The van der Waals surface area contributed by atoms with E-state index in [2.05, 4.69) is 15.9 Å². The molecule has 0 saturated heterocycles. The molecule has 0 spiro atoms. The molecular weight excluding hydrogens is 399 g/mol. The number of alkyl halides is 4. The molecule has 1 aromatic rings. The Labute approximate surface area is 143 Å². The van der Waals surface area contributed by atoms with Gasteiger partial charge >= 0.3 is 6.18 Å². The first-order chi connectivity index (χ1) is 11.1. The highest BCUT2D eigenvalue weighted by Gasteiger charge is 2.55. The fraction of sp³-hybridized carbons (Fsp3) is 0.400. The van der Waals surface area contributed by atoms with Crippen molar-refractivity contribution in [1.29, 1.82) is 5.26 Å². The summed E-state index contributed by atoms with van der Waals surface area (Å²) in [5.41, 5.74) is -1.26. The van der Waals surface area contributed by atoms with Crippen molar-refractivity contribution in [3.63, 3.8) is 0 Å². The Kier molecular flexibility index (Phi) is 5.20. The summed E-state index contributed by atoms with van der Waals surface area (Å²) in [5, 5.41) is 9.28. The molecule has 0 aromatic heterocycles. The molecule has 0 saturated carbocycles. The third-order valence-electron chi connectivity index (χ3n) is 3.54. The minimum atomic E-state index is -4.76. The van der Waals surface area contributed by atoms with Gasteiger partial charge in [-0.3, -0.25) is 0 Å². The van der Waals surface area contributed by atoms with Crippen molar-refractivity contribution in [1.82, 2.24) is 4.90 Å². The van der Waals surface area contributed by atoms with Gasteiger partial charge in [-0.2, -0.15) is 18.4 Å². The summed E-state index contributed by atoms with van der Waals surface area (Å²) in [4.78, 5) is 0.749. The molecule has 24 heavy (non-hydrogen) atoms. The Morgan fingerprint density at radius 3 is 2.33 bits per heavy atom. The maximum atomic E-state index is 13.6. The zero-order chi connectivity index (χ0) is 18.1. The summed E-state index contributed by atoms with van der Waals surface area (Å²) in [7, 11) is 0. The Balaban J connectivity index is 2.61. The summed E-state index contributed by atoms with van der Waals surface area (Å²) in [5.74, 6) is -3.26. The first-order valence-electron chi connectivity index (χ1n) is 6.84. The smallest absolute Gasteiger partial charge is 0.361 e. The predicted molar refractivity (Wildman–Crippen MR) is 78.5 cm³/mol. The zero-order valence-corrected chi connectivity index (χ0v) is 14.0. The number of allylic oxidation sites excluding steroid dienone is 1. The van der Waals surface area contributed by atoms with Crippen molar-refractivity contribution in [3.8, 4) is 6.07 Å². The van der Waals surface area contributed by atoms with Crippen LogP contribution in [0.15, 0.2) is 30.0 Å². The Morgan fingerprint density at radius 1 is 1.29 bits per heavy atom. The predicted octanol–water partition coefficient (Wildman–Crippen LogP) is 4.41. The van der Waals surface area contributed by atoms with E-state index in [1.54, 1.807) is 13.0 Å². The van der Waals surface area contributed by atoms with E-state index in [0.29, 0.717) is 6.07 Å². The van der Waals surface area contributed by atoms with Crippen LogP contribution in [0.25, 0.3) is 0 Å². The number of halogens is 6. The largest absolute Gasteiger partial charge is 0.430 e. The number of hydrogen-bond donors (Lipinski definition) is 0. The number of nitrogens with zero attached hydrogens (tertiary/aromatic N) is 2. The van der Waals surface area contributed by atoms with Crippen LogP contribution in [0.4, 0.5) is 22.0 Å². The summed E-state index contributed by atoms with van der Waals surface area (Å²) in [6, 6.07) is 4.10. The standard InChI is InChI=1S/C15H12BrF5N2O/c1-2-24-8-23-13(15(19,20)21)5-10(7-22)14(23,16)9-3-11(17)6-12(18)4-9/h3-6,10H,2,8H2,1H3. The fourth-order valence-electron chi connectivity index (χ4n) is 2.51. The average Bonchev–Trinajstić information content (AvgIpc) is 2.77. The molecule has 0 N–H and O–H groups in total. The van der Waals surface area contributed by atoms with Crippen molar-refractivity contribution in [2.75, 3.05) is 13.3 Å². The molecule has 2 rings (SSSR count). The van der Waals surface area contributed by atoms with Gasteiger partial charge in [0, 0.05) is 12.7 Å². The number of rotatable bonds is 4. The van der Waals surface area contributed by atoms with Crippen LogP contribution < -0.4 is 0 Å². The molecule has 1 aromatic carbocycles. The van der Waals surface area contributed by atoms with Gasteiger partial charge in [0.15, 0.2) is 0 Å². The molecule has 0 radical (unpaired) electrons. The van der Waals surface area contributed by atoms with Crippen LogP contribution in [0, 0.1) is 28.9 Å². The Morgan fingerprint density at radius 2 is 1.88 bits per heavy atom. The Bertz CT molecular complexity index is 680. The van der Waals surface area contributed by atoms with Crippen LogP contribution in [0.1, 0.15) is 12.5 Å². The lowest BCUT2D eigenvalue weighted by atomic mass is 9.95. The minimum Gasteiger partial charge on any atom is -0.361 e. The van der Waals surface area contributed by atoms with Gasteiger partial charge in [0.25, 0.3) is 0 Å². The van der Waals surface area contributed by atoms with Gasteiger partial charge < -0.3 is 9.64 Å². The second kappa shape index (κ2) is 6.69. The molecular formula is C15H12BrF5N2O. The molecule has 0 aliphatic carbocycles. The van der Waals surface area contributed by atoms with Crippen LogP contribution in [0.2, 0.25) is 0 Å². The highest BCUT2D eigenvalue weighted by molar-refractivity contribution is 9.09. The average molecular weight is 411 g/mol. The van der Waals surface area contributed by atoms with Crippen molar-refractivity contribution < 1.29 is 26.7 Å². The Hall–Kier alpha value is -1.66. The molecule has 3 nitrogen and oxygen atoms in total. The number of nitriles is 1. The lowest BCUT2D eigenvalue weighted by Crippen LogP contribution is -2.44. The second-order valence-corrected chi connectivity index (χ2v) is 6.25. The highest BCUT2D eigenvalue weighted by Crippen LogP contribution is 2.53. The molecule has 1 aliphatic heterocycles. The van der Waals surface area contributed by atoms with E-state index in [9.17, 15) is 27.2 Å². The summed E-state index contributed by atoms with van der Waals surface area (Å²) in [6.45, 7) is 1.20. The monoisotopic (exact) mass is 410 g/mol. The number of hydrogen-bond acceptors (Lipinski definition) is 3. The van der Waals surface area contributed by atoms with Gasteiger partial charge in [-0.05, 0) is 30.7 Å². The van der Waals surface area contributed by atoms with E-state index in [0.717, 1.165) is 23.1 Å². The minimum absolute atomic E-state index is 0.124. The van der Waals surface area contributed by atoms with Gasteiger partial charge in [-0.25, -0.2) is 8.78 Å². The van der Waals surface area contributed by atoms with Crippen molar-refractivity contribution in [2.24, 2.45) is 5.92 Å². The molecule has 9 heteroatoms. The fourth-order valence-corrected chi connectivity index (χ4v) is 3.27. The SMILES string of the molecule is CCOCN1C(C(F)(F)F)=CC(C#N)C1(Br)c1cc(F)cc(F)c1. The molecule has 130 valence electrons. The van der Waals surface area contributed by atoms with Crippen molar-refractivity contribution in [2.45, 2.75) is 17.5 Å². The maximum absolute atomic E-state index is 13.6. The van der Waals surface area contributed by atoms with Gasteiger partial charge in [0.2, 0.25) is 0 Å². The summed E-state index contributed by atoms with van der Waals surface area (Å²) < 4.78 is 70.4. The first kappa shape index (κ1) is 18.7. The second-order valence-electron chi connectivity index (χ2n) is 5.04. The molecule has 1 heterocycles. The third-order valence-corrected chi connectivity index (χ3v) is 4.92. The third kappa shape index (κ3) is 3.26. The molecule has 0 fully saturated rings. The van der Waals surface area contributed by atoms with Crippen molar-refractivity contribution in [3.05, 3.63) is 47.2 Å². The van der Waals surface area contributed by atoms with Gasteiger partial charge in [-0.15, -0.1) is 0 Å². The quantitative estimate of drug-likeness (QED) is 0.419. The van der Waals surface area contributed by atoms with Gasteiger partial charge in [0.1, 0.15) is 34.4 Å². The van der Waals surface area contributed by atoms with Crippen LogP contribution in [0.5, 0.6) is 0 Å². The van der Waals surface area contributed by atoms with Crippen LogP contribution >= 0.6 is 15.9 Å². The van der Waals surface area contributed by atoms with Gasteiger partial charge in [0.05, 0.1) is 6.07 Å². The van der Waals surface area contributed by atoms with Crippen molar-refractivity contribution >= 4 is 15.9 Å². The van der Waals surface area contributed by atoms with Crippen LogP contribution in [0.3, 0.4) is 0 Å². The maximum Gasteiger partial charge on any atom is 0.430 e. The summed E-state index contributed by atoms with van der Waals surface area (Å²) in [6.07, 6.45) is -4.04. The van der Waals surface area contributed by atoms with Crippen LogP contribution in [-0.4, -0.2) is 24.4 Å². The lowest BCUT2D eigenvalue weighted by molar-refractivity contribution is -0.124. The molecule has 0 bridgehead atoms. The number of ether oxygens (including phenoxy) is 1. The highest BCUT2D eigenvalue weighted by atomic mass is 79.9. The lowest BCUT2D eigenvalue weighted by Gasteiger charge is -2.39. The van der Waals surface area contributed by atoms with Crippen LogP contribution in [-0.2, 0) is 9.19 Å². The molecule has 0 amide bonds. The molecule has 1 aliphatic rings. The zero-order valence-electron chi connectivity index (χ0n) is 12.4. The summed E-state index contributed by atoms with van der Waals surface area (Å²) >= 11 is 3.12. The topological polar surface area (TPSA) is 36.3 Å².